The van der Waals surface area contributed by atoms with Crippen molar-refractivity contribution in [3.8, 4) is 16.8 Å². The van der Waals surface area contributed by atoms with Gasteiger partial charge in [-0.25, -0.2) is 4.39 Å². The molecule has 7 heteroatoms. The zero-order chi connectivity index (χ0) is 13.2. The molecule has 0 aliphatic rings. The molecule has 19 heavy (non-hydrogen) atoms. The fraction of sp³-hybridized carbons (Fsp3) is 0. The van der Waals surface area contributed by atoms with Crippen LogP contribution >= 0.6 is 0 Å². The molecule has 0 fully saturated rings. The van der Waals surface area contributed by atoms with Gasteiger partial charge in [0.25, 0.3) is 0 Å². The Bertz CT molecular complexity index is 714. The smallest absolute Gasteiger partial charge is 0.188 e. The molecule has 2 heterocycles. The molecular weight excluding hydrogens is 249 g/mol. The van der Waals surface area contributed by atoms with E-state index in [1.807, 2.05) is 0 Å². The first-order chi connectivity index (χ1) is 9.24. The van der Waals surface area contributed by atoms with Crippen LogP contribution in [0.1, 0.15) is 0 Å². The maximum Gasteiger partial charge on any atom is 0.188 e. The number of benzene rings is 1. The van der Waals surface area contributed by atoms with Gasteiger partial charge >= 0.3 is 0 Å². The SMILES string of the molecule is [O-][n+]1cccc(-c2cc(F)ccc2-n2cnnn2)c1. The van der Waals surface area contributed by atoms with E-state index in [4.69, 9.17) is 0 Å². The van der Waals surface area contributed by atoms with E-state index in [1.54, 1.807) is 18.2 Å². The molecule has 94 valence electrons. The van der Waals surface area contributed by atoms with Gasteiger partial charge < -0.3 is 5.21 Å². The molecule has 0 aliphatic heterocycles. The van der Waals surface area contributed by atoms with Crippen molar-refractivity contribution in [3.05, 3.63) is 60.1 Å². The van der Waals surface area contributed by atoms with E-state index in [0.717, 1.165) is 0 Å². The maximum absolute atomic E-state index is 13.4. The van der Waals surface area contributed by atoms with E-state index < -0.39 is 5.82 Å². The molecule has 1 aromatic carbocycles. The number of pyridine rings is 1. The minimum absolute atomic E-state index is 0.395. The Balaban J connectivity index is 2.22. The minimum Gasteiger partial charge on any atom is -0.619 e. The Labute approximate surface area is 107 Å². The second-order valence-corrected chi connectivity index (χ2v) is 3.87. The van der Waals surface area contributed by atoms with Crippen molar-refractivity contribution >= 4 is 0 Å². The number of nitrogens with zero attached hydrogens (tertiary/aromatic N) is 5. The Morgan fingerprint density at radius 2 is 2.16 bits per heavy atom. The predicted octanol–water partition coefficient (Wildman–Crippen LogP) is 1.10. The van der Waals surface area contributed by atoms with E-state index in [-0.39, 0.29) is 0 Å². The standard InChI is InChI=1S/C12H8FN5O/c13-10-3-4-12(18-8-14-15-16-18)11(6-10)9-2-1-5-17(19)7-9/h1-8H. The highest BCUT2D eigenvalue weighted by molar-refractivity contribution is 5.71. The summed E-state index contributed by atoms with van der Waals surface area (Å²) in [6, 6.07) is 7.53. The second-order valence-electron chi connectivity index (χ2n) is 3.87. The first kappa shape index (κ1) is 11.3. The summed E-state index contributed by atoms with van der Waals surface area (Å²) in [6.45, 7) is 0. The number of rotatable bonds is 2. The number of tetrazole rings is 1. The van der Waals surface area contributed by atoms with Crippen LogP contribution in [-0.2, 0) is 0 Å². The molecule has 0 radical (unpaired) electrons. The summed E-state index contributed by atoms with van der Waals surface area (Å²) < 4.78 is 15.5. The Morgan fingerprint density at radius 3 is 2.89 bits per heavy atom. The van der Waals surface area contributed by atoms with Gasteiger partial charge in [-0.1, -0.05) is 0 Å². The Kier molecular flexibility index (Phi) is 2.64. The van der Waals surface area contributed by atoms with Crippen LogP contribution in [-0.4, -0.2) is 20.2 Å². The van der Waals surface area contributed by atoms with E-state index in [9.17, 15) is 9.60 Å². The van der Waals surface area contributed by atoms with Gasteiger partial charge in [0, 0.05) is 17.2 Å². The number of hydrogen-bond acceptors (Lipinski definition) is 4. The fourth-order valence-electron chi connectivity index (χ4n) is 1.82. The van der Waals surface area contributed by atoms with Crippen molar-refractivity contribution < 1.29 is 9.12 Å². The molecular formula is C12H8FN5O. The zero-order valence-corrected chi connectivity index (χ0v) is 9.64. The predicted molar refractivity (Wildman–Crippen MR) is 63.5 cm³/mol. The van der Waals surface area contributed by atoms with E-state index >= 15 is 0 Å². The van der Waals surface area contributed by atoms with Crippen LogP contribution in [0.15, 0.2) is 49.1 Å². The van der Waals surface area contributed by atoms with Gasteiger partial charge in [-0.05, 0) is 34.7 Å². The summed E-state index contributed by atoms with van der Waals surface area (Å²) in [5, 5.41) is 22.2. The van der Waals surface area contributed by atoms with Crippen LogP contribution in [0, 0.1) is 11.0 Å². The number of aromatic nitrogens is 5. The van der Waals surface area contributed by atoms with Crippen LogP contribution in [0.4, 0.5) is 4.39 Å². The third kappa shape index (κ3) is 2.13. The van der Waals surface area contributed by atoms with Gasteiger partial charge in [-0.2, -0.15) is 9.41 Å². The van der Waals surface area contributed by atoms with Crippen molar-refractivity contribution in [1.82, 2.24) is 20.2 Å². The molecule has 0 saturated carbocycles. The van der Waals surface area contributed by atoms with Gasteiger partial charge in [0.1, 0.15) is 12.1 Å². The van der Waals surface area contributed by atoms with E-state index in [1.165, 1.54) is 35.5 Å². The molecule has 0 aliphatic carbocycles. The van der Waals surface area contributed by atoms with Crippen LogP contribution in [0.3, 0.4) is 0 Å². The summed E-state index contributed by atoms with van der Waals surface area (Å²) in [6.07, 6.45) is 4.13. The largest absolute Gasteiger partial charge is 0.619 e. The third-order valence-electron chi connectivity index (χ3n) is 2.64. The monoisotopic (exact) mass is 257 g/mol. The molecule has 3 rings (SSSR count). The fourth-order valence-corrected chi connectivity index (χ4v) is 1.82. The second kappa shape index (κ2) is 4.45. The van der Waals surface area contributed by atoms with Crippen molar-refractivity contribution in [3.63, 3.8) is 0 Å². The van der Waals surface area contributed by atoms with Crippen molar-refractivity contribution in [2.75, 3.05) is 0 Å². The van der Waals surface area contributed by atoms with Crippen molar-refractivity contribution in [1.29, 1.82) is 0 Å². The maximum atomic E-state index is 13.4. The lowest BCUT2D eigenvalue weighted by molar-refractivity contribution is -0.604. The lowest BCUT2D eigenvalue weighted by atomic mass is 10.1. The normalized spacial score (nSPS) is 10.6. The summed E-state index contributed by atoms with van der Waals surface area (Å²) >= 11 is 0. The van der Waals surface area contributed by atoms with Gasteiger partial charge in [-0.3, -0.25) is 0 Å². The number of hydrogen-bond donors (Lipinski definition) is 0. The highest BCUT2D eigenvalue weighted by Crippen LogP contribution is 2.25. The first-order valence-corrected chi connectivity index (χ1v) is 5.46. The van der Waals surface area contributed by atoms with Gasteiger partial charge in [0.15, 0.2) is 12.4 Å². The first-order valence-electron chi connectivity index (χ1n) is 5.46. The van der Waals surface area contributed by atoms with E-state index in [0.29, 0.717) is 21.5 Å². The Morgan fingerprint density at radius 1 is 1.26 bits per heavy atom. The average Bonchev–Trinajstić information content (AvgIpc) is 2.92. The zero-order valence-electron chi connectivity index (χ0n) is 9.64. The van der Waals surface area contributed by atoms with E-state index in [2.05, 4.69) is 15.5 Å². The molecule has 0 atom stereocenters. The summed E-state index contributed by atoms with van der Waals surface area (Å²) in [5.41, 5.74) is 1.72. The quantitative estimate of drug-likeness (QED) is 0.509. The van der Waals surface area contributed by atoms with Crippen LogP contribution < -0.4 is 4.73 Å². The van der Waals surface area contributed by atoms with Crippen LogP contribution in [0.5, 0.6) is 0 Å². The Hall–Kier alpha value is -2.83. The minimum atomic E-state index is -0.395. The molecule has 0 saturated heterocycles. The summed E-state index contributed by atoms with van der Waals surface area (Å²) in [4.78, 5) is 0. The van der Waals surface area contributed by atoms with Crippen LogP contribution in [0.25, 0.3) is 16.8 Å². The van der Waals surface area contributed by atoms with Crippen molar-refractivity contribution in [2.24, 2.45) is 0 Å². The van der Waals surface area contributed by atoms with Crippen LogP contribution in [0.2, 0.25) is 0 Å². The van der Waals surface area contributed by atoms with Gasteiger partial charge in [0.05, 0.1) is 5.69 Å². The lowest BCUT2D eigenvalue weighted by Crippen LogP contribution is -2.24. The molecule has 0 unspecified atom stereocenters. The van der Waals surface area contributed by atoms with Gasteiger partial charge in [0.2, 0.25) is 0 Å². The highest BCUT2D eigenvalue weighted by Gasteiger charge is 2.11. The summed E-state index contributed by atoms with van der Waals surface area (Å²) in [7, 11) is 0. The molecule has 0 amide bonds. The molecule has 2 aromatic heterocycles. The molecule has 0 spiro atoms. The highest BCUT2D eigenvalue weighted by atomic mass is 19.1. The molecule has 6 nitrogen and oxygen atoms in total. The summed E-state index contributed by atoms with van der Waals surface area (Å²) in [5.74, 6) is -0.395. The third-order valence-corrected chi connectivity index (χ3v) is 2.64. The number of halogens is 1. The van der Waals surface area contributed by atoms with Gasteiger partial charge in [-0.15, -0.1) is 5.10 Å². The lowest BCUT2D eigenvalue weighted by Gasteiger charge is -2.08. The molecule has 0 bridgehead atoms. The van der Waals surface area contributed by atoms with Crippen molar-refractivity contribution in [2.45, 2.75) is 0 Å². The molecule has 0 N–H and O–H groups in total. The topological polar surface area (TPSA) is 70.5 Å². The average molecular weight is 257 g/mol. The molecule has 3 aromatic rings.